The topological polar surface area (TPSA) is 140 Å². The minimum absolute atomic E-state index is 0.0615. The van der Waals surface area contributed by atoms with Gasteiger partial charge in [-0.2, -0.15) is 13.2 Å². The molecule has 1 aliphatic heterocycles. The van der Waals surface area contributed by atoms with Crippen LogP contribution in [0, 0.1) is 17.8 Å². The van der Waals surface area contributed by atoms with E-state index < -0.39 is 72.8 Å². The van der Waals surface area contributed by atoms with E-state index in [1.807, 2.05) is 5.32 Å². The number of carbonyl (C=O) groups excluding carboxylic acids is 5. The molecule has 0 radical (unpaired) electrons. The van der Waals surface area contributed by atoms with E-state index in [2.05, 4.69) is 5.32 Å². The van der Waals surface area contributed by atoms with E-state index in [9.17, 15) is 37.1 Å². The van der Waals surface area contributed by atoms with Gasteiger partial charge in [0, 0.05) is 5.69 Å². The first-order chi connectivity index (χ1) is 19.8. The van der Waals surface area contributed by atoms with Gasteiger partial charge in [-0.1, -0.05) is 45.2 Å². The molecule has 0 spiro atoms. The first-order valence-electron chi connectivity index (χ1n) is 13.9. The predicted molar refractivity (Wildman–Crippen MR) is 142 cm³/mol. The second-order valence-electron chi connectivity index (χ2n) is 10.6. The summed E-state index contributed by atoms with van der Waals surface area (Å²) >= 11 is 0. The van der Waals surface area contributed by atoms with Crippen LogP contribution in [-0.2, 0) is 35.0 Å². The third-order valence-electron chi connectivity index (χ3n) is 7.21. The number of nitrogens with zero attached hydrogens (tertiary/aromatic N) is 1. The predicted octanol–water partition coefficient (Wildman–Crippen LogP) is 4.55. The highest BCUT2D eigenvalue weighted by molar-refractivity contribution is 6.08. The molecule has 0 bridgehead atoms. The molecule has 0 unspecified atom stereocenters. The lowest BCUT2D eigenvalue weighted by atomic mass is 9.82. The molecule has 232 valence electrons. The molecule has 2 N–H and O–H groups in total. The van der Waals surface area contributed by atoms with E-state index in [1.165, 1.54) is 19.1 Å². The number of hydrogen-bond acceptors (Lipinski definition) is 8. The van der Waals surface area contributed by atoms with Gasteiger partial charge in [-0.25, -0.2) is 19.3 Å². The fourth-order valence-electron chi connectivity index (χ4n) is 5.10. The van der Waals surface area contributed by atoms with Gasteiger partial charge in [0.2, 0.25) is 12.7 Å². The smallest absolute Gasteiger partial charge is 0.414 e. The van der Waals surface area contributed by atoms with Crippen LogP contribution < -0.4 is 10.6 Å². The van der Waals surface area contributed by atoms with Crippen LogP contribution in [-0.4, -0.2) is 66.5 Å². The van der Waals surface area contributed by atoms with E-state index >= 15 is 0 Å². The van der Waals surface area contributed by atoms with Crippen molar-refractivity contribution in [1.29, 1.82) is 0 Å². The summed E-state index contributed by atoms with van der Waals surface area (Å²) in [5.74, 6) is -4.57. The number of nitrogens with one attached hydrogen (secondary N) is 2. The number of ether oxygens (including phenoxy) is 3. The van der Waals surface area contributed by atoms with Crippen molar-refractivity contribution in [3.8, 4) is 0 Å². The molecule has 3 atom stereocenters. The number of halogens is 3. The van der Waals surface area contributed by atoms with Crippen LogP contribution in [0.5, 0.6) is 0 Å². The molecule has 3 rings (SSSR count). The Hall–Kier alpha value is -3.84. The fraction of sp³-hybridized carbons (Fsp3) is 0.607. The highest BCUT2D eigenvalue weighted by Gasteiger charge is 2.57. The molecule has 1 heterocycles. The normalized spacial score (nSPS) is 19.9. The van der Waals surface area contributed by atoms with Crippen LogP contribution in [0.3, 0.4) is 0 Å². The number of carbonyl (C=O) groups is 5. The third kappa shape index (κ3) is 8.35. The molecular weight excluding hydrogens is 563 g/mol. The zero-order valence-corrected chi connectivity index (χ0v) is 23.7. The number of benzene rings is 1. The number of anilines is 1. The van der Waals surface area contributed by atoms with Crippen LogP contribution in [0.4, 0.5) is 28.4 Å². The van der Waals surface area contributed by atoms with E-state index in [4.69, 9.17) is 14.2 Å². The van der Waals surface area contributed by atoms with Crippen molar-refractivity contribution >= 4 is 35.7 Å². The molecular formula is C28H36F3N3O8. The summed E-state index contributed by atoms with van der Waals surface area (Å²) in [6.07, 6.45) is -3.07. The highest BCUT2D eigenvalue weighted by atomic mass is 19.4. The van der Waals surface area contributed by atoms with Crippen molar-refractivity contribution in [3.63, 3.8) is 0 Å². The Morgan fingerprint density at radius 3 is 2.36 bits per heavy atom. The van der Waals surface area contributed by atoms with Crippen molar-refractivity contribution in [2.75, 3.05) is 18.7 Å². The maximum Gasteiger partial charge on any atom is 0.414 e. The molecule has 1 aromatic rings. The summed E-state index contributed by atoms with van der Waals surface area (Å²) in [5, 5.41) is 4.42. The maximum absolute atomic E-state index is 13.9. The minimum atomic E-state index is -4.73. The van der Waals surface area contributed by atoms with Gasteiger partial charge in [-0.15, -0.1) is 0 Å². The van der Waals surface area contributed by atoms with Crippen molar-refractivity contribution in [1.82, 2.24) is 10.2 Å². The molecule has 1 aromatic carbocycles. The number of esters is 2. The van der Waals surface area contributed by atoms with Crippen LogP contribution in [0.2, 0.25) is 0 Å². The van der Waals surface area contributed by atoms with Gasteiger partial charge in [-0.3, -0.25) is 14.9 Å². The van der Waals surface area contributed by atoms with Crippen LogP contribution in [0.1, 0.15) is 58.4 Å². The standard InChI is InChI=1S/C28H36F3N3O8/c1-4-40-25(37)21-20(14-17-9-8-12-19(13-17)32-27(39)42-15-41-24(36)16(2)3)23(35)34(21)26(38)33-22(28(29,30)31)18-10-6-5-7-11-18/h8-9,12-13,16,18,20-22H,4-7,10-11,14-15H2,1-3H3,(H,32,39)(H,33,38)/t20-,21+,22+/m1/s1. The van der Waals surface area contributed by atoms with Gasteiger partial charge in [0.15, 0.2) is 6.04 Å². The molecule has 11 nitrogen and oxygen atoms in total. The van der Waals surface area contributed by atoms with Crippen molar-refractivity contribution in [2.45, 2.75) is 77.6 Å². The monoisotopic (exact) mass is 599 g/mol. The second-order valence-corrected chi connectivity index (χ2v) is 10.6. The SMILES string of the molecule is CCOC(=O)[C@@H]1[C@@H](Cc2cccc(NC(=O)OCOC(=O)C(C)C)c2)C(=O)N1C(=O)N[C@@H](C1CCCCC1)C(F)(F)F. The van der Waals surface area contributed by atoms with Crippen molar-refractivity contribution in [2.24, 2.45) is 17.8 Å². The summed E-state index contributed by atoms with van der Waals surface area (Å²) in [5.41, 5.74) is 0.754. The number of imide groups is 1. The van der Waals surface area contributed by atoms with Gasteiger partial charge in [-0.05, 0) is 49.8 Å². The fourth-order valence-corrected chi connectivity index (χ4v) is 5.10. The maximum atomic E-state index is 13.9. The molecule has 1 saturated heterocycles. The Morgan fingerprint density at radius 1 is 1.05 bits per heavy atom. The van der Waals surface area contributed by atoms with Crippen LogP contribution in [0.25, 0.3) is 0 Å². The Bertz CT molecular complexity index is 1150. The molecule has 4 amide bonds. The first-order valence-corrected chi connectivity index (χ1v) is 13.9. The van der Waals surface area contributed by atoms with Crippen molar-refractivity contribution in [3.05, 3.63) is 29.8 Å². The third-order valence-corrected chi connectivity index (χ3v) is 7.21. The van der Waals surface area contributed by atoms with Gasteiger partial charge in [0.1, 0.15) is 6.04 Å². The number of urea groups is 1. The summed E-state index contributed by atoms with van der Waals surface area (Å²) in [4.78, 5) is 62.8. The Morgan fingerprint density at radius 2 is 1.74 bits per heavy atom. The Labute approximate surface area is 241 Å². The molecule has 1 aliphatic carbocycles. The summed E-state index contributed by atoms with van der Waals surface area (Å²) in [7, 11) is 0. The van der Waals surface area contributed by atoms with Crippen LogP contribution >= 0.6 is 0 Å². The summed E-state index contributed by atoms with van der Waals surface area (Å²) in [6, 6.07) is 1.35. The first kappa shape index (κ1) is 32.7. The lowest BCUT2D eigenvalue weighted by Gasteiger charge is -2.44. The Balaban J connectivity index is 1.68. The molecule has 14 heteroatoms. The van der Waals surface area contributed by atoms with E-state index in [0.29, 0.717) is 36.1 Å². The molecule has 2 aliphatic rings. The molecule has 2 fully saturated rings. The minimum Gasteiger partial charge on any atom is -0.464 e. The van der Waals surface area contributed by atoms with E-state index in [-0.39, 0.29) is 18.7 Å². The van der Waals surface area contributed by atoms with Crippen molar-refractivity contribution < 1.29 is 51.4 Å². The number of likely N-dealkylation sites (tertiary alicyclic amines) is 1. The van der Waals surface area contributed by atoms with E-state index in [0.717, 1.165) is 6.42 Å². The average molecular weight is 600 g/mol. The van der Waals surface area contributed by atoms with E-state index in [1.54, 1.807) is 26.0 Å². The van der Waals surface area contributed by atoms with Gasteiger partial charge in [0.25, 0.3) is 0 Å². The summed E-state index contributed by atoms with van der Waals surface area (Å²) < 4.78 is 56.3. The quantitative estimate of drug-likeness (QED) is 0.227. The molecule has 1 saturated carbocycles. The number of rotatable bonds is 10. The molecule has 0 aromatic heterocycles. The van der Waals surface area contributed by atoms with Gasteiger partial charge in [0.05, 0.1) is 18.4 Å². The number of hydrogen-bond donors (Lipinski definition) is 2. The summed E-state index contributed by atoms with van der Waals surface area (Å²) in [6.45, 7) is 4.12. The lowest BCUT2D eigenvalue weighted by molar-refractivity contribution is -0.174. The molecule has 42 heavy (non-hydrogen) atoms. The Kier molecular flexibility index (Phi) is 11.2. The zero-order valence-electron chi connectivity index (χ0n) is 23.7. The lowest BCUT2D eigenvalue weighted by Crippen LogP contribution is -2.70. The van der Waals surface area contributed by atoms with Gasteiger partial charge < -0.3 is 19.5 Å². The second kappa shape index (κ2) is 14.4. The number of amides is 4. The zero-order chi connectivity index (χ0) is 31.0. The average Bonchev–Trinajstić information content (AvgIpc) is 2.93. The largest absolute Gasteiger partial charge is 0.464 e. The number of β-lactam (4-membered cyclic amide) rings is 1. The van der Waals surface area contributed by atoms with Crippen LogP contribution in [0.15, 0.2) is 24.3 Å². The highest BCUT2D eigenvalue weighted by Crippen LogP contribution is 2.36. The van der Waals surface area contributed by atoms with Gasteiger partial charge >= 0.3 is 30.2 Å². The number of alkyl halides is 3.